The first-order chi connectivity index (χ1) is 17.5. The largest absolute Gasteiger partial charge is 0.456 e. The Morgan fingerprint density at radius 3 is 2.27 bits per heavy atom. The van der Waals surface area contributed by atoms with E-state index in [2.05, 4.69) is 0 Å². The van der Waals surface area contributed by atoms with Crippen molar-refractivity contribution in [2.24, 2.45) is 5.92 Å². The Morgan fingerprint density at radius 1 is 1.03 bits per heavy atom. The number of ether oxygens (including phenoxy) is 6. The molecular formula is C25H30N2O10. The summed E-state index contributed by atoms with van der Waals surface area (Å²) in [5, 5.41) is 3.86. The number of nitrogens with zero attached hydrogens (tertiary/aromatic N) is 2. The highest BCUT2D eigenvalue weighted by molar-refractivity contribution is 5.81. The second kappa shape index (κ2) is 9.05. The number of hydrogen-bond donors (Lipinski definition) is 0. The molecule has 4 bridgehead atoms. The summed E-state index contributed by atoms with van der Waals surface area (Å²) in [6, 6.07) is 9.70. The summed E-state index contributed by atoms with van der Waals surface area (Å²) in [7, 11) is 1.43. The Balaban J connectivity index is 1.67. The summed E-state index contributed by atoms with van der Waals surface area (Å²) in [5.74, 6) is -3.54. The quantitative estimate of drug-likeness (QED) is 0.283. The van der Waals surface area contributed by atoms with Crippen molar-refractivity contribution in [1.82, 2.24) is 10.0 Å². The standard InChI is InChI=1S/C25H30N2O10/c1-13(28)33-19-20(34-14(2)29)25(27-12-26(27)11-16-9-7-6-8-10-16)17-18(24(19,4)37-15(3)30)35-22(31)21(25)36-23(17)32-5/h6-10,17-21,23H,11-12H2,1-5H3/t17?,18-,19?,20+,21-,23+,24+,25-,26?,27?/m1/s1. The SMILES string of the molecule is CO[C@H]1O[C@@H]2C(=O)O[C@@H]3C1[C@@]2(N1CN1Cc1ccccc1)[C@@H](OC(C)=O)C(OC(C)=O)[C@@]3(C)OC(C)=O. The number of carbonyl (C=O) groups is 4. The van der Waals surface area contributed by atoms with Gasteiger partial charge in [-0.2, -0.15) is 0 Å². The fourth-order valence-corrected chi connectivity index (χ4v) is 6.33. The van der Waals surface area contributed by atoms with E-state index in [0.717, 1.165) is 5.56 Å². The molecule has 4 aliphatic rings. The van der Waals surface area contributed by atoms with Crippen molar-refractivity contribution in [3.8, 4) is 0 Å². The van der Waals surface area contributed by atoms with Crippen molar-refractivity contribution < 1.29 is 47.6 Å². The van der Waals surface area contributed by atoms with Gasteiger partial charge in [-0.25, -0.2) is 14.8 Å². The lowest BCUT2D eigenvalue weighted by Crippen LogP contribution is -2.82. The molecule has 1 aromatic rings. The van der Waals surface area contributed by atoms with E-state index in [9.17, 15) is 19.2 Å². The first-order valence-electron chi connectivity index (χ1n) is 12.0. The summed E-state index contributed by atoms with van der Waals surface area (Å²) in [5.41, 5.74) is -2.05. The van der Waals surface area contributed by atoms with Crippen LogP contribution in [0.5, 0.6) is 0 Å². The van der Waals surface area contributed by atoms with Gasteiger partial charge in [-0.15, -0.1) is 0 Å². The van der Waals surface area contributed by atoms with E-state index in [4.69, 9.17) is 28.4 Å². The molecule has 37 heavy (non-hydrogen) atoms. The van der Waals surface area contributed by atoms with Gasteiger partial charge in [-0.05, 0) is 12.5 Å². The molecule has 3 heterocycles. The molecule has 12 heteroatoms. The number of hydrazine groups is 1. The van der Waals surface area contributed by atoms with E-state index >= 15 is 0 Å². The van der Waals surface area contributed by atoms with Crippen LogP contribution in [0, 0.1) is 5.92 Å². The average molecular weight is 519 g/mol. The zero-order valence-corrected chi connectivity index (χ0v) is 21.2. The molecule has 0 amide bonds. The van der Waals surface area contributed by atoms with Crippen LogP contribution in [0.2, 0.25) is 0 Å². The van der Waals surface area contributed by atoms with Crippen LogP contribution in [0.3, 0.4) is 0 Å². The van der Waals surface area contributed by atoms with Crippen molar-refractivity contribution in [2.75, 3.05) is 13.8 Å². The van der Waals surface area contributed by atoms with Crippen LogP contribution in [0.1, 0.15) is 33.3 Å². The molecule has 0 aromatic heterocycles. The zero-order chi connectivity index (χ0) is 26.7. The normalized spacial score (nSPS) is 41.4. The van der Waals surface area contributed by atoms with Gasteiger partial charge in [-0.3, -0.25) is 14.4 Å². The van der Waals surface area contributed by atoms with Crippen molar-refractivity contribution >= 4 is 23.9 Å². The van der Waals surface area contributed by atoms with Crippen LogP contribution >= 0.6 is 0 Å². The van der Waals surface area contributed by atoms with Gasteiger partial charge in [-0.1, -0.05) is 30.3 Å². The minimum atomic E-state index is -1.71. The third-order valence-corrected chi connectivity index (χ3v) is 7.55. The second-order valence-corrected chi connectivity index (χ2v) is 9.92. The van der Waals surface area contributed by atoms with Crippen LogP contribution in [0.4, 0.5) is 0 Å². The van der Waals surface area contributed by atoms with Crippen LogP contribution in [0.25, 0.3) is 0 Å². The Hall–Kier alpha value is -3.06. The molecule has 0 radical (unpaired) electrons. The summed E-state index contributed by atoms with van der Waals surface area (Å²) in [6.07, 6.45) is -5.91. The van der Waals surface area contributed by atoms with E-state index < -0.39 is 71.6 Å². The van der Waals surface area contributed by atoms with Crippen LogP contribution < -0.4 is 0 Å². The third-order valence-electron chi connectivity index (χ3n) is 7.55. The molecule has 1 aromatic carbocycles. The molecule has 200 valence electrons. The van der Waals surface area contributed by atoms with Crippen LogP contribution in [-0.2, 0) is 54.1 Å². The number of benzene rings is 1. The van der Waals surface area contributed by atoms with Crippen molar-refractivity contribution in [1.29, 1.82) is 0 Å². The average Bonchev–Trinajstić information content (AvgIpc) is 3.53. The number of carbonyl (C=O) groups excluding carboxylic acids is 4. The number of esters is 4. The molecule has 4 unspecified atom stereocenters. The van der Waals surface area contributed by atoms with Crippen LogP contribution in [-0.4, -0.2) is 89.5 Å². The minimum absolute atomic E-state index is 0.399. The Labute approximate surface area is 213 Å². The number of hydrogen-bond acceptors (Lipinski definition) is 12. The number of rotatable bonds is 7. The Kier molecular flexibility index (Phi) is 6.26. The van der Waals surface area contributed by atoms with E-state index in [-0.39, 0.29) is 0 Å². The highest BCUT2D eigenvalue weighted by atomic mass is 16.7. The van der Waals surface area contributed by atoms with E-state index in [0.29, 0.717) is 13.2 Å². The molecule has 1 saturated carbocycles. The molecule has 3 aliphatic heterocycles. The third kappa shape index (κ3) is 3.90. The zero-order valence-electron chi connectivity index (χ0n) is 21.2. The topological polar surface area (TPSA) is 130 Å². The van der Waals surface area contributed by atoms with Gasteiger partial charge in [0.2, 0.25) is 0 Å². The fourth-order valence-electron chi connectivity index (χ4n) is 6.33. The first-order valence-corrected chi connectivity index (χ1v) is 12.0. The van der Waals surface area contributed by atoms with Gasteiger partial charge in [0.05, 0.1) is 12.6 Å². The molecule has 1 aliphatic carbocycles. The lowest BCUT2D eigenvalue weighted by molar-refractivity contribution is -0.295. The van der Waals surface area contributed by atoms with E-state index in [1.165, 1.54) is 34.8 Å². The summed E-state index contributed by atoms with van der Waals surface area (Å²) >= 11 is 0. The molecule has 5 rings (SSSR count). The van der Waals surface area contributed by atoms with Gasteiger partial charge < -0.3 is 28.4 Å². The molecule has 3 saturated heterocycles. The lowest BCUT2D eigenvalue weighted by atomic mass is 9.59. The fraction of sp³-hybridized carbons (Fsp3) is 0.600. The summed E-state index contributed by atoms with van der Waals surface area (Å²) in [6.45, 7) is 6.01. The maximum atomic E-state index is 13.4. The van der Waals surface area contributed by atoms with Crippen molar-refractivity contribution in [2.45, 2.75) is 76.1 Å². The second-order valence-electron chi connectivity index (χ2n) is 9.92. The summed E-state index contributed by atoms with van der Waals surface area (Å²) < 4.78 is 34.9. The highest BCUT2D eigenvalue weighted by Gasteiger charge is 2.84. The molecular weight excluding hydrogens is 488 g/mol. The van der Waals surface area contributed by atoms with Crippen molar-refractivity contribution in [3.63, 3.8) is 0 Å². The predicted molar refractivity (Wildman–Crippen MR) is 122 cm³/mol. The van der Waals surface area contributed by atoms with Gasteiger partial charge in [0, 0.05) is 34.4 Å². The van der Waals surface area contributed by atoms with Gasteiger partial charge >= 0.3 is 23.9 Å². The van der Waals surface area contributed by atoms with Crippen LogP contribution in [0.15, 0.2) is 30.3 Å². The van der Waals surface area contributed by atoms with E-state index in [1.807, 2.05) is 40.3 Å². The molecule has 0 N–H and O–H groups in total. The van der Waals surface area contributed by atoms with E-state index in [1.54, 1.807) is 0 Å². The number of methoxy groups -OCH3 is 1. The molecule has 4 fully saturated rings. The first kappa shape index (κ1) is 25.6. The Bertz CT molecular complexity index is 1110. The Morgan fingerprint density at radius 2 is 1.68 bits per heavy atom. The van der Waals surface area contributed by atoms with Crippen molar-refractivity contribution in [3.05, 3.63) is 35.9 Å². The molecule has 0 spiro atoms. The molecule has 10 atom stereocenters. The molecule has 12 nitrogen and oxygen atoms in total. The minimum Gasteiger partial charge on any atom is -0.456 e. The van der Waals surface area contributed by atoms with Gasteiger partial charge in [0.15, 0.2) is 36.3 Å². The lowest BCUT2D eigenvalue weighted by Gasteiger charge is -2.59. The smallest absolute Gasteiger partial charge is 0.338 e. The summed E-state index contributed by atoms with van der Waals surface area (Å²) in [4.78, 5) is 50.5. The van der Waals surface area contributed by atoms with Gasteiger partial charge in [0.25, 0.3) is 0 Å². The maximum Gasteiger partial charge on any atom is 0.338 e. The predicted octanol–water partition coefficient (Wildman–Crippen LogP) is 0.527. The monoisotopic (exact) mass is 518 g/mol. The van der Waals surface area contributed by atoms with Gasteiger partial charge in [0.1, 0.15) is 5.54 Å². The highest BCUT2D eigenvalue weighted by Crippen LogP contribution is 2.61. The maximum absolute atomic E-state index is 13.4.